The SMILES string of the molecule is CS(=O)(=O)N1CCC(Nc2cc(F)c(I)cc2N)CC1. The van der Waals surface area contributed by atoms with Gasteiger partial charge in [0.15, 0.2) is 0 Å². The highest BCUT2D eigenvalue weighted by atomic mass is 127. The molecule has 3 N–H and O–H groups in total. The molecule has 0 atom stereocenters. The van der Waals surface area contributed by atoms with Crippen molar-refractivity contribution in [3.05, 3.63) is 21.5 Å². The molecule has 1 aliphatic heterocycles. The Morgan fingerprint density at radius 1 is 1.40 bits per heavy atom. The third-order valence-electron chi connectivity index (χ3n) is 3.38. The average Bonchev–Trinajstić information content (AvgIpc) is 2.35. The largest absolute Gasteiger partial charge is 0.397 e. The van der Waals surface area contributed by atoms with E-state index in [0.29, 0.717) is 40.9 Å². The van der Waals surface area contributed by atoms with Crippen LogP contribution in [0.3, 0.4) is 0 Å². The summed E-state index contributed by atoms with van der Waals surface area (Å²) >= 11 is 1.89. The zero-order chi connectivity index (χ0) is 14.9. The van der Waals surface area contributed by atoms with Gasteiger partial charge in [0.2, 0.25) is 10.0 Å². The number of nitrogens with two attached hydrogens (primary N) is 1. The van der Waals surface area contributed by atoms with Crippen LogP contribution in [0.1, 0.15) is 12.8 Å². The number of halogens is 2. The Labute approximate surface area is 131 Å². The van der Waals surface area contributed by atoms with Crippen LogP contribution in [-0.4, -0.2) is 38.1 Å². The summed E-state index contributed by atoms with van der Waals surface area (Å²) in [6, 6.07) is 3.08. The zero-order valence-electron chi connectivity index (χ0n) is 11.1. The minimum atomic E-state index is -3.12. The minimum Gasteiger partial charge on any atom is -0.397 e. The number of rotatable bonds is 3. The van der Waals surface area contributed by atoms with Gasteiger partial charge in [0.1, 0.15) is 5.82 Å². The highest BCUT2D eigenvalue weighted by Gasteiger charge is 2.25. The molecule has 5 nitrogen and oxygen atoms in total. The molecule has 20 heavy (non-hydrogen) atoms. The van der Waals surface area contributed by atoms with Crippen molar-refractivity contribution in [1.29, 1.82) is 0 Å². The van der Waals surface area contributed by atoms with Crippen LogP contribution in [0.4, 0.5) is 15.8 Å². The quantitative estimate of drug-likeness (QED) is 0.586. The second-order valence-electron chi connectivity index (χ2n) is 4.93. The van der Waals surface area contributed by atoms with E-state index in [-0.39, 0.29) is 11.9 Å². The summed E-state index contributed by atoms with van der Waals surface area (Å²) in [6.45, 7) is 0.951. The number of hydrogen-bond acceptors (Lipinski definition) is 4. The number of nitrogen functional groups attached to an aromatic ring is 1. The molecule has 1 aliphatic rings. The molecule has 0 radical (unpaired) electrons. The van der Waals surface area contributed by atoms with Crippen molar-refractivity contribution in [3.63, 3.8) is 0 Å². The molecule has 1 fully saturated rings. The standard InChI is InChI=1S/C12H17FIN3O2S/c1-20(18,19)17-4-2-8(3-5-17)16-12-6-9(13)10(14)7-11(12)15/h6-8,16H,2-5,15H2,1H3. The molecule has 0 amide bonds. The summed E-state index contributed by atoms with van der Waals surface area (Å²) in [5, 5.41) is 3.20. The van der Waals surface area contributed by atoms with Crippen LogP contribution in [0, 0.1) is 9.39 Å². The molecule has 1 heterocycles. The summed E-state index contributed by atoms with van der Waals surface area (Å²) in [7, 11) is -3.12. The molecule has 0 unspecified atom stereocenters. The van der Waals surface area contributed by atoms with Crippen molar-refractivity contribution in [2.24, 2.45) is 0 Å². The second kappa shape index (κ2) is 6.02. The van der Waals surface area contributed by atoms with Gasteiger partial charge in [0.25, 0.3) is 0 Å². The van der Waals surface area contributed by atoms with E-state index in [1.807, 2.05) is 22.6 Å². The van der Waals surface area contributed by atoms with Gasteiger partial charge >= 0.3 is 0 Å². The lowest BCUT2D eigenvalue weighted by atomic mass is 10.1. The number of sulfonamides is 1. The Bertz CT molecular complexity index is 601. The molecule has 0 spiro atoms. The smallest absolute Gasteiger partial charge is 0.211 e. The summed E-state index contributed by atoms with van der Waals surface area (Å²) in [5.74, 6) is -0.309. The fourth-order valence-electron chi connectivity index (χ4n) is 2.24. The first kappa shape index (κ1) is 15.8. The van der Waals surface area contributed by atoms with E-state index in [2.05, 4.69) is 5.32 Å². The van der Waals surface area contributed by atoms with Gasteiger partial charge in [-0.15, -0.1) is 0 Å². The van der Waals surface area contributed by atoms with Gasteiger partial charge in [-0.1, -0.05) is 0 Å². The van der Waals surface area contributed by atoms with Gasteiger partial charge in [-0.05, 0) is 41.5 Å². The van der Waals surface area contributed by atoms with Crippen molar-refractivity contribution >= 4 is 44.0 Å². The van der Waals surface area contributed by atoms with Crippen LogP contribution in [0.15, 0.2) is 12.1 Å². The van der Waals surface area contributed by atoms with Gasteiger partial charge in [-0.3, -0.25) is 0 Å². The molecule has 0 saturated carbocycles. The van der Waals surface area contributed by atoms with Crippen LogP contribution in [0.25, 0.3) is 0 Å². The molecule has 2 rings (SSSR count). The summed E-state index contributed by atoms with van der Waals surface area (Å²) < 4.78 is 38.3. The maximum atomic E-state index is 13.5. The molecule has 0 aromatic heterocycles. The third-order valence-corrected chi connectivity index (χ3v) is 5.50. The maximum Gasteiger partial charge on any atom is 0.211 e. The molecular weight excluding hydrogens is 396 g/mol. The second-order valence-corrected chi connectivity index (χ2v) is 8.08. The fraction of sp³-hybridized carbons (Fsp3) is 0.500. The van der Waals surface area contributed by atoms with E-state index in [1.165, 1.54) is 16.6 Å². The van der Waals surface area contributed by atoms with Gasteiger partial charge in [-0.2, -0.15) is 0 Å². The lowest BCUT2D eigenvalue weighted by Gasteiger charge is -2.31. The Morgan fingerprint density at radius 2 is 2.00 bits per heavy atom. The van der Waals surface area contributed by atoms with Crippen LogP contribution in [0.5, 0.6) is 0 Å². The zero-order valence-corrected chi connectivity index (χ0v) is 14.0. The number of nitrogens with zero attached hydrogens (tertiary/aromatic N) is 1. The first-order chi connectivity index (χ1) is 9.27. The van der Waals surface area contributed by atoms with Gasteiger partial charge in [-0.25, -0.2) is 17.1 Å². The van der Waals surface area contributed by atoms with Crippen molar-refractivity contribution in [3.8, 4) is 0 Å². The van der Waals surface area contributed by atoms with Crippen LogP contribution in [-0.2, 0) is 10.0 Å². The Kier molecular flexibility index (Phi) is 4.75. The number of nitrogens with one attached hydrogen (secondary N) is 1. The molecule has 8 heteroatoms. The fourth-order valence-corrected chi connectivity index (χ4v) is 3.60. The summed E-state index contributed by atoms with van der Waals surface area (Å²) in [6.07, 6.45) is 2.58. The van der Waals surface area contributed by atoms with Gasteiger partial charge in [0, 0.05) is 25.2 Å². The average molecular weight is 413 g/mol. The van der Waals surface area contributed by atoms with E-state index in [0.717, 1.165) is 0 Å². The van der Waals surface area contributed by atoms with Gasteiger partial charge in [0.05, 0.1) is 21.2 Å². The molecule has 0 bridgehead atoms. The third kappa shape index (κ3) is 3.73. The summed E-state index contributed by atoms with van der Waals surface area (Å²) in [4.78, 5) is 0. The summed E-state index contributed by atoms with van der Waals surface area (Å²) in [5.41, 5.74) is 6.94. The predicted octanol–water partition coefficient (Wildman–Crippen LogP) is 1.85. The Hall–Kier alpha value is -0.610. The minimum absolute atomic E-state index is 0.106. The predicted molar refractivity (Wildman–Crippen MR) is 86.6 cm³/mol. The Morgan fingerprint density at radius 3 is 2.55 bits per heavy atom. The number of benzene rings is 1. The molecule has 1 saturated heterocycles. The van der Waals surface area contributed by atoms with Crippen molar-refractivity contribution in [1.82, 2.24) is 4.31 Å². The van der Waals surface area contributed by atoms with Crippen molar-refractivity contribution in [2.75, 3.05) is 30.4 Å². The normalized spacial score (nSPS) is 18.1. The molecule has 1 aromatic carbocycles. The number of piperidine rings is 1. The molecule has 0 aliphatic carbocycles. The monoisotopic (exact) mass is 413 g/mol. The van der Waals surface area contributed by atoms with E-state index < -0.39 is 10.0 Å². The van der Waals surface area contributed by atoms with Crippen molar-refractivity contribution < 1.29 is 12.8 Å². The first-order valence-electron chi connectivity index (χ1n) is 6.23. The maximum absolute atomic E-state index is 13.5. The molecule has 1 aromatic rings. The van der Waals surface area contributed by atoms with E-state index in [4.69, 9.17) is 5.73 Å². The van der Waals surface area contributed by atoms with E-state index in [1.54, 1.807) is 6.07 Å². The Balaban J connectivity index is 2.01. The lowest BCUT2D eigenvalue weighted by molar-refractivity contribution is 0.332. The molecular formula is C12H17FIN3O2S. The van der Waals surface area contributed by atoms with Crippen molar-refractivity contribution in [2.45, 2.75) is 18.9 Å². The highest BCUT2D eigenvalue weighted by molar-refractivity contribution is 14.1. The topological polar surface area (TPSA) is 75.4 Å². The highest BCUT2D eigenvalue weighted by Crippen LogP contribution is 2.26. The van der Waals surface area contributed by atoms with Crippen LogP contribution in [0.2, 0.25) is 0 Å². The number of hydrogen-bond donors (Lipinski definition) is 2. The van der Waals surface area contributed by atoms with Gasteiger partial charge < -0.3 is 11.1 Å². The molecule has 112 valence electrons. The van der Waals surface area contributed by atoms with Crippen LogP contribution >= 0.6 is 22.6 Å². The van der Waals surface area contributed by atoms with Crippen LogP contribution < -0.4 is 11.1 Å². The van der Waals surface area contributed by atoms with E-state index >= 15 is 0 Å². The number of anilines is 2. The van der Waals surface area contributed by atoms with E-state index in [9.17, 15) is 12.8 Å². The first-order valence-corrected chi connectivity index (χ1v) is 9.16. The lowest BCUT2D eigenvalue weighted by Crippen LogP contribution is -2.41.